The number of amides is 1. The normalized spacial score (nSPS) is 14.4. The molecule has 2 heterocycles. The smallest absolute Gasteiger partial charge is 0.239 e. The van der Waals surface area contributed by atoms with Gasteiger partial charge in [-0.1, -0.05) is 60.3 Å². The molecule has 1 aliphatic carbocycles. The number of carbonyl (C=O) groups is 1. The number of hydrogen-bond acceptors (Lipinski definition) is 6. The molecule has 5 rings (SSSR count). The van der Waals surface area contributed by atoms with E-state index in [2.05, 4.69) is 25.1 Å². The number of aromatic nitrogens is 4. The number of nitrogens with one attached hydrogen (secondary N) is 1. The zero-order valence-corrected chi connectivity index (χ0v) is 18.6. The third kappa shape index (κ3) is 4.40. The van der Waals surface area contributed by atoms with Gasteiger partial charge in [0.15, 0.2) is 10.3 Å². The lowest BCUT2D eigenvalue weighted by Crippen LogP contribution is -2.22. The molecule has 1 aliphatic rings. The highest BCUT2D eigenvalue weighted by Gasteiger charge is 2.32. The van der Waals surface area contributed by atoms with Crippen molar-refractivity contribution in [1.82, 2.24) is 19.7 Å². The van der Waals surface area contributed by atoms with Gasteiger partial charge in [0.05, 0.1) is 10.9 Å². The van der Waals surface area contributed by atoms with E-state index in [1.807, 2.05) is 73.0 Å². The molecule has 1 fully saturated rings. The van der Waals surface area contributed by atoms with Crippen molar-refractivity contribution in [3.05, 3.63) is 71.9 Å². The van der Waals surface area contributed by atoms with Crippen LogP contribution in [0.15, 0.2) is 71.2 Å². The summed E-state index contributed by atoms with van der Waals surface area (Å²) in [6.45, 7) is 1.88. The highest BCUT2D eigenvalue weighted by atomic mass is 32.2. The van der Waals surface area contributed by atoms with Crippen LogP contribution in [0, 0.1) is 0 Å². The van der Waals surface area contributed by atoms with Gasteiger partial charge >= 0.3 is 0 Å². The van der Waals surface area contributed by atoms with Crippen molar-refractivity contribution in [2.24, 2.45) is 0 Å². The molecule has 31 heavy (non-hydrogen) atoms. The van der Waals surface area contributed by atoms with Gasteiger partial charge < -0.3 is 5.32 Å². The fourth-order valence-electron chi connectivity index (χ4n) is 3.27. The third-order valence-electron chi connectivity index (χ3n) is 5.07. The molecule has 1 saturated carbocycles. The van der Waals surface area contributed by atoms with Crippen LogP contribution in [-0.2, 0) is 4.79 Å². The highest BCUT2D eigenvalue weighted by molar-refractivity contribution is 8.00. The molecular formula is C23H21N5OS2. The second-order valence-electron chi connectivity index (χ2n) is 7.44. The molecule has 1 atom stereocenters. The fourth-order valence-corrected chi connectivity index (χ4v) is 4.87. The van der Waals surface area contributed by atoms with Crippen LogP contribution in [0.5, 0.6) is 0 Å². The largest absolute Gasteiger partial charge is 0.301 e. The van der Waals surface area contributed by atoms with E-state index in [1.54, 1.807) is 0 Å². The molecule has 0 saturated heterocycles. The predicted octanol–water partition coefficient (Wildman–Crippen LogP) is 5.39. The molecule has 8 heteroatoms. The van der Waals surface area contributed by atoms with Crippen molar-refractivity contribution < 1.29 is 4.79 Å². The van der Waals surface area contributed by atoms with E-state index in [0.29, 0.717) is 11.0 Å². The zero-order valence-electron chi connectivity index (χ0n) is 16.9. The summed E-state index contributed by atoms with van der Waals surface area (Å²) in [5.74, 6) is 1.33. The minimum atomic E-state index is -0.345. The lowest BCUT2D eigenvalue weighted by molar-refractivity contribution is -0.115. The number of hydrogen-bond donors (Lipinski definition) is 1. The molecular weight excluding hydrogens is 426 g/mol. The zero-order chi connectivity index (χ0) is 21.2. The maximum Gasteiger partial charge on any atom is 0.239 e. The van der Waals surface area contributed by atoms with Crippen LogP contribution in [0.3, 0.4) is 0 Å². The summed E-state index contributed by atoms with van der Waals surface area (Å²) >= 11 is 2.84. The van der Waals surface area contributed by atoms with E-state index >= 15 is 0 Å². The first-order valence-corrected chi connectivity index (χ1v) is 11.9. The number of benzene rings is 2. The number of nitrogens with zero attached hydrogens (tertiary/aromatic N) is 4. The van der Waals surface area contributed by atoms with Gasteiger partial charge in [-0.05, 0) is 31.9 Å². The summed E-state index contributed by atoms with van der Waals surface area (Å²) < 4.78 is 2.09. The average Bonchev–Trinajstić information content (AvgIpc) is 3.40. The third-order valence-corrected chi connectivity index (χ3v) is 6.87. The van der Waals surface area contributed by atoms with Gasteiger partial charge in [-0.25, -0.2) is 4.98 Å². The molecule has 0 bridgehead atoms. The standard InChI is InChI=1S/C23H21N5OS2/c1-15(21(29)25-22-24-19(14-30-22)16-8-4-2-5-9-16)31-23-27-26-20(17-12-13-17)28(23)18-10-6-3-7-11-18/h2-11,14-15,17H,12-13H2,1H3,(H,24,25,29)/t15-/m0/s1. The number of thioether (sulfide) groups is 1. The van der Waals surface area contributed by atoms with E-state index < -0.39 is 0 Å². The van der Waals surface area contributed by atoms with Crippen LogP contribution >= 0.6 is 23.1 Å². The van der Waals surface area contributed by atoms with Crippen LogP contribution in [-0.4, -0.2) is 30.9 Å². The molecule has 156 valence electrons. The Morgan fingerprint density at radius 3 is 2.52 bits per heavy atom. The summed E-state index contributed by atoms with van der Waals surface area (Å²) in [5.41, 5.74) is 2.92. The monoisotopic (exact) mass is 447 g/mol. The summed E-state index contributed by atoms with van der Waals surface area (Å²) in [5, 5.41) is 14.7. The Kier molecular flexibility index (Phi) is 5.57. The Balaban J connectivity index is 1.31. The van der Waals surface area contributed by atoms with Gasteiger partial charge in [-0.2, -0.15) is 0 Å². The Hall–Kier alpha value is -2.97. The van der Waals surface area contributed by atoms with E-state index in [9.17, 15) is 4.79 Å². The summed E-state index contributed by atoms with van der Waals surface area (Å²) in [6.07, 6.45) is 2.28. The second kappa shape index (κ2) is 8.64. The van der Waals surface area contributed by atoms with Crippen molar-refractivity contribution in [3.8, 4) is 16.9 Å². The molecule has 0 spiro atoms. The van der Waals surface area contributed by atoms with E-state index in [4.69, 9.17) is 0 Å². The van der Waals surface area contributed by atoms with Gasteiger partial charge in [0.1, 0.15) is 5.82 Å². The number of rotatable bonds is 7. The van der Waals surface area contributed by atoms with E-state index in [1.165, 1.54) is 23.1 Å². The van der Waals surface area contributed by atoms with Crippen LogP contribution < -0.4 is 5.32 Å². The summed E-state index contributed by atoms with van der Waals surface area (Å²) in [4.78, 5) is 17.4. The van der Waals surface area contributed by atoms with Crippen molar-refractivity contribution in [2.45, 2.75) is 36.1 Å². The Morgan fingerprint density at radius 1 is 1.10 bits per heavy atom. The SMILES string of the molecule is C[C@H](Sc1nnc(C2CC2)n1-c1ccccc1)C(=O)Nc1nc(-c2ccccc2)cs1. The van der Waals surface area contributed by atoms with E-state index in [-0.39, 0.29) is 11.2 Å². The van der Waals surface area contributed by atoms with Gasteiger partial charge in [-0.3, -0.25) is 9.36 Å². The number of carbonyl (C=O) groups excluding carboxylic acids is 1. The highest BCUT2D eigenvalue weighted by Crippen LogP contribution is 2.41. The first-order valence-electron chi connectivity index (χ1n) is 10.2. The van der Waals surface area contributed by atoms with Crippen molar-refractivity contribution in [3.63, 3.8) is 0 Å². The Labute approximate surface area is 188 Å². The molecule has 4 aromatic rings. The van der Waals surface area contributed by atoms with Crippen LogP contribution in [0.2, 0.25) is 0 Å². The maximum absolute atomic E-state index is 12.8. The van der Waals surface area contributed by atoms with Gasteiger partial charge in [0.25, 0.3) is 0 Å². The fraction of sp³-hybridized carbons (Fsp3) is 0.217. The van der Waals surface area contributed by atoms with Gasteiger partial charge in [-0.15, -0.1) is 21.5 Å². The molecule has 2 aromatic heterocycles. The van der Waals surface area contributed by atoms with Crippen LogP contribution in [0.1, 0.15) is 31.5 Å². The molecule has 0 radical (unpaired) electrons. The lowest BCUT2D eigenvalue weighted by Gasteiger charge is -2.13. The van der Waals surface area contributed by atoms with Gasteiger partial charge in [0, 0.05) is 22.5 Å². The lowest BCUT2D eigenvalue weighted by atomic mass is 10.2. The molecule has 2 aromatic carbocycles. The van der Waals surface area contributed by atoms with E-state index in [0.717, 1.165) is 40.8 Å². The summed E-state index contributed by atoms with van der Waals surface area (Å²) in [7, 11) is 0. The van der Waals surface area contributed by atoms with Crippen molar-refractivity contribution in [1.29, 1.82) is 0 Å². The molecule has 0 unspecified atom stereocenters. The predicted molar refractivity (Wildman–Crippen MR) is 125 cm³/mol. The molecule has 1 amide bonds. The van der Waals surface area contributed by atoms with Crippen molar-refractivity contribution in [2.75, 3.05) is 5.32 Å². The number of anilines is 1. The van der Waals surface area contributed by atoms with Crippen LogP contribution in [0.25, 0.3) is 16.9 Å². The first kappa shape index (κ1) is 20.0. The van der Waals surface area contributed by atoms with Crippen LogP contribution in [0.4, 0.5) is 5.13 Å². The average molecular weight is 448 g/mol. The molecule has 0 aliphatic heterocycles. The minimum absolute atomic E-state index is 0.102. The Bertz CT molecular complexity index is 1190. The van der Waals surface area contributed by atoms with Gasteiger partial charge in [0.2, 0.25) is 5.91 Å². The number of thiazole rings is 1. The van der Waals surface area contributed by atoms with Crippen molar-refractivity contribution >= 4 is 34.1 Å². The quantitative estimate of drug-likeness (QED) is 0.385. The Morgan fingerprint density at radius 2 is 1.81 bits per heavy atom. The molecule has 6 nitrogen and oxygen atoms in total. The minimum Gasteiger partial charge on any atom is -0.301 e. The molecule has 1 N–H and O–H groups in total. The topological polar surface area (TPSA) is 72.7 Å². The number of para-hydroxylation sites is 1. The first-order chi connectivity index (χ1) is 15.2. The maximum atomic E-state index is 12.8. The second-order valence-corrected chi connectivity index (χ2v) is 9.61. The summed E-state index contributed by atoms with van der Waals surface area (Å²) in [6, 6.07) is 20.0.